The van der Waals surface area contributed by atoms with Gasteiger partial charge in [-0.1, -0.05) is 161 Å². The molecule has 0 aliphatic rings. The maximum atomic E-state index is 12.5. The van der Waals surface area contributed by atoms with E-state index in [1.165, 1.54) is 96.3 Å². The Labute approximate surface area is 274 Å². The number of esters is 2. The third kappa shape index (κ3) is 33.4. The molecule has 0 amide bonds. The molecule has 0 fully saturated rings. The second-order valence-electron chi connectivity index (χ2n) is 12.2. The van der Waals surface area contributed by atoms with Gasteiger partial charge in [0.1, 0.15) is 6.56 Å². The number of aliphatic hydroxyl groups is 1. The molecule has 1 atom stereocenters. The van der Waals surface area contributed by atoms with Gasteiger partial charge in [0.2, 0.25) is 0 Å². The molecular weight excluding hydrogens is 536 g/mol. The summed E-state index contributed by atoms with van der Waals surface area (Å²) in [6, 6.07) is 0. The number of unbranched alkanes of at least 4 members (excludes halogenated alkanes) is 24. The quantitative estimate of drug-likeness (QED) is 0.0444. The van der Waals surface area contributed by atoms with Gasteiger partial charge < -0.3 is 14.6 Å². The first-order valence-corrected chi connectivity index (χ1v) is 18.2. The van der Waals surface area contributed by atoms with Crippen LogP contribution in [0.25, 0.3) is 0 Å². The van der Waals surface area contributed by atoms with E-state index in [1.807, 2.05) is 0 Å². The third-order valence-corrected chi connectivity index (χ3v) is 7.95. The molecule has 5 nitrogen and oxygen atoms in total. The molecule has 0 spiro atoms. The molecule has 5 heteroatoms. The lowest BCUT2D eigenvalue weighted by Gasteiger charge is -2.15. The van der Waals surface area contributed by atoms with Crippen molar-refractivity contribution < 1.29 is 31.0 Å². The van der Waals surface area contributed by atoms with Crippen molar-refractivity contribution in [1.82, 2.24) is 0 Å². The van der Waals surface area contributed by atoms with E-state index in [0.29, 0.717) is 12.8 Å². The highest BCUT2D eigenvalue weighted by molar-refractivity contribution is 5.70. The van der Waals surface area contributed by atoms with E-state index >= 15 is 0 Å². The first-order chi connectivity index (χ1) is 22.9. The Balaban J connectivity index is 4.21. The van der Waals surface area contributed by atoms with E-state index < -0.39 is 31.1 Å². The lowest BCUT2D eigenvalue weighted by Crippen LogP contribution is -2.28. The van der Waals surface area contributed by atoms with Gasteiger partial charge in [-0.25, -0.2) is 0 Å². The van der Waals surface area contributed by atoms with Crippen LogP contribution in [0.5, 0.6) is 0 Å². The van der Waals surface area contributed by atoms with Gasteiger partial charge in [0.15, 0.2) is 6.08 Å². The second kappa shape index (κ2) is 35.1. The van der Waals surface area contributed by atoms with Crippen molar-refractivity contribution in [2.24, 2.45) is 0 Å². The molecule has 0 unspecified atom stereocenters. The van der Waals surface area contributed by atoms with Crippen LogP contribution >= 0.6 is 0 Å². The molecule has 0 aromatic heterocycles. The summed E-state index contributed by atoms with van der Waals surface area (Å²) in [4.78, 5) is 24.8. The molecule has 0 rings (SSSR count). The SMILES string of the molecule is [2H]C([2H])(O)[C@]([2H])(OC(=O)CCCCCCC/C=C\CCCCCCCC)C([2H])([2H])OC(=O)CCCCCCCCCCCCCCCC. The minimum atomic E-state index is -3.61. The Morgan fingerprint density at radius 2 is 0.930 bits per heavy atom. The molecule has 0 aliphatic heterocycles. The summed E-state index contributed by atoms with van der Waals surface area (Å²) >= 11 is 0. The predicted molar refractivity (Wildman–Crippen MR) is 182 cm³/mol. The summed E-state index contributed by atoms with van der Waals surface area (Å²) in [5.41, 5.74) is 0. The van der Waals surface area contributed by atoms with Crippen LogP contribution in [0.1, 0.15) is 207 Å². The summed E-state index contributed by atoms with van der Waals surface area (Å²) in [5.74, 6) is -1.99. The van der Waals surface area contributed by atoms with E-state index in [1.54, 1.807) is 0 Å². The van der Waals surface area contributed by atoms with Crippen molar-refractivity contribution in [2.45, 2.75) is 206 Å². The standard InChI is InChI=1S/C38H72O5/c1-3-5-7-9-11-13-15-17-19-21-23-25-27-29-31-33-38(41)43-36(34-39)35-42-37(40)32-30-28-26-24-22-20-18-16-14-12-10-8-6-4-2/h17,19,36,39H,3-16,18,20-35H2,1-2H3/b19-17-/t36-/m0/s1/i34D2,35D2,36D. The number of hydrogen-bond donors (Lipinski definition) is 1. The van der Waals surface area contributed by atoms with E-state index in [2.05, 4.69) is 26.0 Å². The van der Waals surface area contributed by atoms with E-state index in [4.69, 9.17) is 16.3 Å². The van der Waals surface area contributed by atoms with Crippen molar-refractivity contribution >= 4 is 11.9 Å². The normalized spacial score (nSPS) is 15.3. The maximum Gasteiger partial charge on any atom is 0.306 e. The smallest absolute Gasteiger partial charge is 0.306 e. The number of ether oxygens (including phenoxy) is 2. The van der Waals surface area contributed by atoms with Crippen LogP contribution in [0.4, 0.5) is 0 Å². The van der Waals surface area contributed by atoms with Crippen LogP contribution < -0.4 is 0 Å². The number of rotatable bonds is 34. The van der Waals surface area contributed by atoms with E-state index in [9.17, 15) is 14.7 Å². The Morgan fingerprint density at radius 1 is 0.581 bits per heavy atom. The fourth-order valence-electron chi connectivity index (χ4n) is 5.19. The van der Waals surface area contributed by atoms with Gasteiger partial charge >= 0.3 is 11.9 Å². The zero-order valence-electron chi connectivity index (χ0n) is 33.2. The monoisotopic (exact) mass is 614 g/mol. The largest absolute Gasteiger partial charge is 0.462 e. The Hall–Kier alpha value is -1.36. The van der Waals surface area contributed by atoms with Gasteiger partial charge in [-0.3, -0.25) is 9.59 Å². The predicted octanol–water partition coefficient (Wildman–Crippen LogP) is 11.3. The molecule has 0 aromatic rings. The average Bonchev–Trinajstić information content (AvgIpc) is 3.02. The lowest BCUT2D eigenvalue weighted by molar-refractivity contribution is -0.161. The first-order valence-electron chi connectivity index (χ1n) is 20.7. The highest BCUT2D eigenvalue weighted by Gasteiger charge is 2.16. The highest BCUT2D eigenvalue weighted by Crippen LogP contribution is 2.14. The molecule has 0 saturated heterocycles. The van der Waals surface area contributed by atoms with Crippen LogP contribution in [-0.4, -0.2) is 36.2 Å². The van der Waals surface area contributed by atoms with Gasteiger partial charge in [0, 0.05) is 12.8 Å². The van der Waals surface area contributed by atoms with E-state index in [-0.39, 0.29) is 12.8 Å². The minimum absolute atomic E-state index is 0.106. The number of carbonyl (C=O) groups excluding carboxylic acids is 2. The van der Waals surface area contributed by atoms with Crippen molar-refractivity contribution in [3.63, 3.8) is 0 Å². The van der Waals surface area contributed by atoms with Crippen LogP contribution in [-0.2, 0) is 19.1 Å². The average molecular weight is 614 g/mol. The van der Waals surface area contributed by atoms with Gasteiger partial charge in [0.25, 0.3) is 0 Å². The van der Waals surface area contributed by atoms with Crippen LogP contribution in [0, 0.1) is 0 Å². The number of hydrogen-bond acceptors (Lipinski definition) is 5. The molecule has 0 bridgehead atoms. The fourth-order valence-corrected chi connectivity index (χ4v) is 5.19. The molecule has 0 heterocycles. The third-order valence-electron chi connectivity index (χ3n) is 7.95. The van der Waals surface area contributed by atoms with Crippen LogP contribution in [0.3, 0.4) is 0 Å². The summed E-state index contributed by atoms with van der Waals surface area (Å²) in [7, 11) is 0. The summed E-state index contributed by atoms with van der Waals surface area (Å²) < 4.78 is 49.3. The molecule has 0 aromatic carbocycles. The number of carbonyl (C=O) groups is 2. The zero-order valence-corrected chi connectivity index (χ0v) is 28.2. The summed E-state index contributed by atoms with van der Waals surface area (Å²) in [5, 5.41) is 9.98. The second-order valence-corrected chi connectivity index (χ2v) is 12.2. The summed E-state index contributed by atoms with van der Waals surface area (Å²) in [6.45, 7) is -2.54. The van der Waals surface area contributed by atoms with Gasteiger partial charge in [-0.2, -0.15) is 0 Å². The van der Waals surface area contributed by atoms with Gasteiger partial charge in [-0.15, -0.1) is 0 Å². The van der Waals surface area contributed by atoms with Crippen molar-refractivity contribution in [1.29, 1.82) is 0 Å². The lowest BCUT2D eigenvalue weighted by atomic mass is 10.0. The van der Waals surface area contributed by atoms with Gasteiger partial charge in [0.05, 0.1) is 13.4 Å². The Morgan fingerprint density at radius 3 is 1.33 bits per heavy atom. The topological polar surface area (TPSA) is 72.8 Å². The first kappa shape index (κ1) is 33.0. The summed E-state index contributed by atoms with van der Waals surface area (Å²) in [6.07, 6.45) is 31.0. The van der Waals surface area contributed by atoms with Crippen LogP contribution in [0.15, 0.2) is 12.2 Å². The fraction of sp³-hybridized carbons (Fsp3) is 0.895. The molecule has 43 heavy (non-hydrogen) atoms. The minimum Gasteiger partial charge on any atom is -0.462 e. The van der Waals surface area contributed by atoms with Crippen LogP contribution in [0.2, 0.25) is 0 Å². The number of allylic oxidation sites excluding steroid dienone is 2. The van der Waals surface area contributed by atoms with Crippen molar-refractivity contribution in [3.8, 4) is 0 Å². The maximum absolute atomic E-state index is 12.5. The van der Waals surface area contributed by atoms with Gasteiger partial charge in [-0.05, 0) is 38.5 Å². The van der Waals surface area contributed by atoms with E-state index in [0.717, 1.165) is 64.2 Å². The van der Waals surface area contributed by atoms with Crippen molar-refractivity contribution in [2.75, 3.05) is 13.1 Å². The molecule has 1 N–H and O–H groups in total. The molecule has 0 saturated carbocycles. The molecule has 0 radical (unpaired) electrons. The Bertz CT molecular complexity index is 818. The zero-order chi connectivity index (χ0) is 36.0. The highest BCUT2D eigenvalue weighted by atomic mass is 16.6. The molecular formula is C38H72O5. The molecule has 0 aliphatic carbocycles. The molecule has 254 valence electrons. The van der Waals surface area contributed by atoms with Crippen molar-refractivity contribution in [3.05, 3.63) is 12.2 Å². The Kier molecular flexibility index (Phi) is 27.0.